The quantitative estimate of drug-likeness (QED) is 0.524. The van der Waals surface area contributed by atoms with Gasteiger partial charge in [0.2, 0.25) is 5.91 Å². The Kier molecular flexibility index (Phi) is 4.84. The van der Waals surface area contributed by atoms with Crippen molar-refractivity contribution >= 4 is 28.3 Å². The van der Waals surface area contributed by atoms with Crippen molar-refractivity contribution in [2.45, 2.75) is 18.9 Å². The van der Waals surface area contributed by atoms with Crippen LogP contribution >= 0.6 is 11.3 Å². The number of hydrogen-bond donors (Lipinski definition) is 2. The first-order valence-electron chi connectivity index (χ1n) is 8.64. The number of nitrogens with one attached hydrogen (secondary N) is 2. The Balaban J connectivity index is 1.35. The molecule has 4 rings (SSSR count). The van der Waals surface area contributed by atoms with E-state index in [1.54, 1.807) is 11.3 Å². The van der Waals surface area contributed by atoms with Gasteiger partial charge in [0.15, 0.2) is 0 Å². The molecule has 3 aromatic heterocycles. The van der Waals surface area contributed by atoms with Crippen LogP contribution in [0.1, 0.15) is 23.9 Å². The van der Waals surface area contributed by atoms with Gasteiger partial charge in [0, 0.05) is 25.4 Å². The summed E-state index contributed by atoms with van der Waals surface area (Å²) in [5.41, 5.74) is 3.15. The Morgan fingerprint density at radius 1 is 1.19 bits per heavy atom. The molecule has 4 aromatic rings. The van der Waals surface area contributed by atoms with Gasteiger partial charge in [0.05, 0.1) is 23.5 Å². The highest BCUT2D eigenvalue weighted by molar-refractivity contribution is 7.08. The molecular weight excluding hydrogens is 344 g/mol. The van der Waals surface area contributed by atoms with Crippen LogP contribution < -0.4 is 5.32 Å². The van der Waals surface area contributed by atoms with Crippen molar-refractivity contribution in [3.8, 4) is 0 Å². The number of thiophene rings is 1. The molecule has 0 saturated carbocycles. The Labute approximate surface area is 155 Å². The predicted molar refractivity (Wildman–Crippen MR) is 104 cm³/mol. The molecule has 132 valence electrons. The Bertz CT molecular complexity index is 905. The summed E-state index contributed by atoms with van der Waals surface area (Å²) in [5.74, 6) is 0.942. The fourth-order valence-electron chi connectivity index (χ4n) is 3.11. The number of fused-ring (bicyclic) bond motifs is 1. The van der Waals surface area contributed by atoms with Gasteiger partial charge in [-0.25, -0.2) is 4.98 Å². The number of aromatic nitrogens is 3. The van der Waals surface area contributed by atoms with E-state index in [2.05, 4.69) is 31.3 Å². The Morgan fingerprint density at radius 3 is 2.81 bits per heavy atom. The minimum absolute atomic E-state index is 0.0300. The zero-order valence-corrected chi connectivity index (χ0v) is 15.1. The maximum Gasteiger partial charge on any atom is 0.222 e. The molecular formula is C20H20N4OS. The van der Waals surface area contributed by atoms with Crippen LogP contribution in [-0.4, -0.2) is 27.0 Å². The van der Waals surface area contributed by atoms with E-state index in [1.165, 1.54) is 5.56 Å². The van der Waals surface area contributed by atoms with Gasteiger partial charge in [-0.15, -0.1) is 0 Å². The molecule has 1 aromatic carbocycles. The fraction of sp³-hybridized carbons (Fsp3) is 0.200. The number of para-hydroxylation sites is 2. The van der Waals surface area contributed by atoms with Gasteiger partial charge in [-0.3, -0.25) is 4.79 Å². The maximum absolute atomic E-state index is 12.5. The first kappa shape index (κ1) is 16.6. The Morgan fingerprint density at radius 2 is 2.04 bits per heavy atom. The van der Waals surface area contributed by atoms with Crippen molar-refractivity contribution in [3.63, 3.8) is 0 Å². The average molecular weight is 364 g/mol. The zero-order chi connectivity index (χ0) is 17.8. The largest absolute Gasteiger partial charge is 0.356 e. The summed E-state index contributed by atoms with van der Waals surface area (Å²) < 4.78 is 2.08. The number of aromatic amines is 1. The van der Waals surface area contributed by atoms with Crippen LogP contribution in [0, 0.1) is 0 Å². The van der Waals surface area contributed by atoms with Crippen LogP contribution in [0.15, 0.2) is 65.6 Å². The lowest BCUT2D eigenvalue weighted by Crippen LogP contribution is -2.28. The Hall–Kier alpha value is -2.86. The molecule has 0 fully saturated rings. The third-order valence-corrected chi connectivity index (χ3v) is 5.12. The van der Waals surface area contributed by atoms with Crippen molar-refractivity contribution in [1.82, 2.24) is 19.9 Å². The third kappa shape index (κ3) is 3.70. The van der Waals surface area contributed by atoms with E-state index < -0.39 is 0 Å². The van der Waals surface area contributed by atoms with Crippen LogP contribution in [0.4, 0.5) is 0 Å². The predicted octanol–water partition coefficient (Wildman–Crippen LogP) is 3.76. The van der Waals surface area contributed by atoms with E-state index in [0.29, 0.717) is 19.4 Å². The number of carbonyl (C=O) groups excluding carboxylic acids is 1. The van der Waals surface area contributed by atoms with E-state index in [-0.39, 0.29) is 11.9 Å². The average Bonchev–Trinajstić information content (AvgIpc) is 3.40. The van der Waals surface area contributed by atoms with Gasteiger partial charge in [-0.2, -0.15) is 11.3 Å². The molecule has 0 aliphatic heterocycles. The molecule has 6 heteroatoms. The molecule has 0 aliphatic rings. The molecule has 1 amide bonds. The van der Waals surface area contributed by atoms with Crippen LogP contribution in [0.2, 0.25) is 0 Å². The normalized spacial score (nSPS) is 12.3. The summed E-state index contributed by atoms with van der Waals surface area (Å²) in [4.78, 5) is 20.3. The van der Waals surface area contributed by atoms with Crippen LogP contribution in [0.25, 0.3) is 11.0 Å². The number of H-pyrrole nitrogens is 1. The highest BCUT2D eigenvalue weighted by Gasteiger charge is 2.17. The van der Waals surface area contributed by atoms with Crippen molar-refractivity contribution in [2.75, 3.05) is 6.54 Å². The van der Waals surface area contributed by atoms with Gasteiger partial charge in [0.1, 0.15) is 5.82 Å². The van der Waals surface area contributed by atoms with Gasteiger partial charge in [-0.1, -0.05) is 12.1 Å². The molecule has 0 radical (unpaired) electrons. The SMILES string of the molecule is O=C(CC(c1ccsc1)n1cccc1)NCCc1nc2ccccc2[nH]1. The van der Waals surface area contributed by atoms with Gasteiger partial charge in [0.25, 0.3) is 0 Å². The number of amides is 1. The molecule has 2 N–H and O–H groups in total. The molecule has 0 bridgehead atoms. The highest BCUT2D eigenvalue weighted by atomic mass is 32.1. The smallest absolute Gasteiger partial charge is 0.222 e. The van der Waals surface area contributed by atoms with Gasteiger partial charge in [-0.05, 0) is 46.7 Å². The first-order valence-corrected chi connectivity index (χ1v) is 9.59. The number of imidazole rings is 1. The second-order valence-corrected chi connectivity index (χ2v) is 6.99. The van der Waals surface area contributed by atoms with Crippen LogP contribution in [0.5, 0.6) is 0 Å². The maximum atomic E-state index is 12.5. The van der Waals surface area contributed by atoms with Crippen LogP contribution in [-0.2, 0) is 11.2 Å². The zero-order valence-electron chi connectivity index (χ0n) is 14.3. The fourth-order valence-corrected chi connectivity index (χ4v) is 3.81. The molecule has 0 spiro atoms. The molecule has 3 heterocycles. The monoisotopic (exact) mass is 364 g/mol. The summed E-state index contributed by atoms with van der Waals surface area (Å²) in [5, 5.41) is 7.17. The number of nitrogens with zero attached hydrogens (tertiary/aromatic N) is 2. The first-order chi connectivity index (χ1) is 12.8. The lowest BCUT2D eigenvalue weighted by atomic mass is 10.1. The lowest BCUT2D eigenvalue weighted by molar-refractivity contribution is -0.121. The van der Waals surface area contributed by atoms with E-state index in [4.69, 9.17) is 0 Å². The second kappa shape index (κ2) is 7.58. The number of hydrogen-bond acceptors (Lipinski definition) is 3. The standard InChI is InChI=1S/C20H20N4OS/c25-20(13-18(15-8-12-26-14-15)24-10-3-4-11-24)21-9-7-19-22-16-5-1-2-6-17(16)23-19/h1-6,8,10-12,14,18H,7,9,13H2,(H,21,25)(H,22,23). The van der Waals surface area contributed by atoms with E-state index in [9.17, 15) is 4.79 Å². The molecule has 1 atom stereocenters. The molecule has 0 saturated heterocycles. The number of benzene rings is 1. The summed E-state index contributed by atoms with van der Waals surface area (Å²) in [6.07, 6.45) is 5.12. The lowest BCUT2D eigenvalue weighted by Gasteiger charge is -2.17. The molecule has 26 heavy (non-hydrogen) atoms. The topological polar surface area (TPSA) is 62.7 Å². The summed E-state index contributed by atoms with van der Waals surface area (Å²) in [6.45, 7) is 0.570. The van der Waals surface area contributed by atoms with Gasteiger partial charge < -0.3 is 14.9 Å². The minimum atomic E-state index is 0.0300. The second-order valence-electron chi connectivity index (χ2n) is 6.21. The van der Waals surface area contributed by atoms with Crippen molar-refractivity contribution in [2.24, 2.45) is 0 Å². The highest BCUT2D eigenvalue weighted by Crippen LogP contribution is 2.24. The van der Waals surface area contributed by atoms with E-state index >= 15 is 0 Å². The minimum Gasteiger partial charge on any atom is -0.356 e. The summed E-state index contributed by atoms with van der Waals surface area (Å²) >= 11 is 1.65. The third-order valence-electron chi connectivity index (χ3n) is 4.42. The van der Waals surface area contributed by atoms with Crippen molar-refractivity contribution in [3.05, 3.63) is 77.0 Å². The molecule has 0 aliphatic carbocycles. The van der Waals surface area contributed by atoms with Crippen molar-refractivity contribution < 1.29 is 4.79 Å². The van der Waals surface area contributed by atoms with Crippen LogP contribution in [0.3, 0.4) is 0 Å². The number of carbonyl (C=O) groups is 1. The molecule has 5 nitrogen and oxygen atoms in total. The summed E-state index contributed by atoms with van der Waals surface area (Å²) in [7, 11) is 0. The number of rotatable bonds is 7. The summed E-state index contributed by atoms with van der Waals surface area (Å²) in [6, 6.07) is 14.0. The molecule has 1 unspecified atom stereocenters. The van der Waals surface area contributed by atoms with E-state index in [1.807, 2.05) is 54.2 Å². The van der Waals surface area contributed by atoms with Gasteiger partial charge >= 0.3 is 0 Å². The van der Waals surface area contributed by atoms with E-state index in [0.717, 1.165) is 16.9 Å². The van der Waals surface area contributed by atoms with Crippen molar-refractivity contribution in [1.29, 1.82) is 0 Å².